The SMILES string of the molecule is CN1CCC(O)(c2cc(-c3cccc(-c4ccnc(Nc5ccn(C)n5)n4)n3)n(C)n2)C1=O. The number of aryl methyl sites for hydroxylation is 2. The summed E-state index contributed by atoms with van der Waals surface area (Å²) in [7, 11) is 5.27. The van der Waals surface area contributed by atoms with Crippen molar-refractivity contribution in [3.63, 3.8) is 0 Å². The molecule has 1 saturated heterocycles. The first kappa shape index (κ1) is 20.8. The van der Waals surface area contributed by atoms with Gasteiger partial charge in [0.15, 0.2) is 11.4 Å². The third kappa shape index (κ3) is 3.72. The highest BCUT2D eigenvalue weighted by molar-refractivity contribution is 5.88. The quantitative estimate of drug-likeness (QED) is 0.473. The zero-order valence-electron chi connectivity index (χ0n) is 18.5. The molecule has 11 nitrogen and oxygen atoms in total. The molecule has 0 saturated carbocycles. The first-order valence-corrected chi connectivity index (χ1v) is 10.4. The highest BCUT2D eigenvalue weighted by Gasteiger charge is 2.47. The first-order chi connectivity index (χ1) is 15.8. The van der Waals surface area contributed by atoms with Crippen molar-refractivity contribution in [3.8, 4) is 22.8 Å². The average molecular weight is 445 g/mol. The van der Waals surface area contributed by atoms with E-state index in [0.29, 0.717) is 53.2 Å². The fourth-order valence-electron chi connectivity index (χ4n) is 3.88. The van der Waals surface area contributed by atoms with Crippen molar-refractivity contribution >= 4 is 17.7 Å². The van der Waals surface area contributed by atoms with Gasteiger partial charge in [-0.25, -0.2) is 15.0 Å². The fourth-order valence-corrected chi connectivity index (χ4v) is 3.88. The lowest BCUT2D eigenvalue weighted by atomic mass is 9.97. The minimum Gasteiger partial charge on any atom is -0.374 e. The molecular formula is C22H23N9O2. The third-order valence-corrected chi connectivity index (χ3v) is 5.70. The molecule has 11 heteroatoms. The topological polar surface area (TPSA) is 127 Å². The van der Waals surface area contributed by atoms with Gasteiger partial charge in [0.2, 0.25) is 5.95 Å². The average Bonchev–Trinajstić information content (AvgIpc) is 3.48. The highest BCUT2D eigenvalue weighted by Crippen LogP contribution is 2.34. The van der Waals surface area contributed by atoms with Crippen LogP contribution in [0.2, 0.25) is 0 Å². The van der Waals surface area contributed by atoms with Gasteiger partial charge in [0.1, 0.15) is 5.69 Å². The largest absolute Gasteiger partial charge is 0.374 e. The number of pyridine rings is 1. The Bertz CT molecular complexity index is 1350. The standard InChI is InChI=1S/C22H23N9O2/c1-29-12-9-22(33,20(29)32)18-13-17(31(3)27-18)16-6-4-5-14(24-16)15-7-10-23-21(25-15)26-19-8-11-30(2)28-19/h4-8,10-11,13,33H,9,12H2,1-3H3,(H,23,25,26,28). The second-order valence-electron chi connectivity index (χ2n) is 8.05. The van der Waals surface area contributed by atoms with Gasteiger partial charge >= 0.3 is 0 Å². The number of anilines is 2. The number of rotatable bonds is 5. The Morgan fingerprint density at radius 2 is 1.82 bits per heavy atom. The summed E-state index contributed by atoms with van der Waals surface area (Å²) in [5, 5.41) is 22.7. The number of amides is 1. The van der Waals surface area contributed by atoms with Crippen LogP contribution in [0, 0.1) is 0 Å². The van der Waals surface area contributed by atoms with E-state index >= 15 is 0 Å². The molecule has 1 unspecified atom stereocenters. The summed E-state index contributed by atoms with van der Waals surface area (Å²) < 4.78 is 3.31. The van der Waals surface area contributed by atoms with Crippen LogP contribution in [0.25, 0.3) is 22.8 Å². The Balaban J connectivity index is 1.45. The number of nitrogens with zero attached hydrogens (tertiary/aromatic N) is 8. The van der Waals surface area contributed by atoms with Crippen LogP contribution < -0.4 is 5.32 Å². The molecule has 1 aliphatic heterocycles. The Hall–Kier alpha value is -4.12. The summed E-state index contributed by atoms with van der Waals surface area (Å²) in [6.07, 6.45) is 3.79. The van der Waals surface area contributed by atoms with Crippen molar-refractivity contribution in [2.75, 3.05) is 18.9 Å². The van der Waals surface area contributed by atoms with Crippen LogP contribution in [-0.2, 0) is 24.5 Å². The molecule has 1 fully saturated rings. The molecule has 5 heterocycles. The summed E-state index contributed by atoms with van der Waals surface area (Å²) in [4.78, 5) is 27.5. The molecule has 0 radical (unpaired) electrons. The van der Waals surface area contributed by atoms with Gasteiger partial charge in [-0.3, -0.25) is 14.2 Å². The molecule has 1 aliphatic rings. The lowest BCUT2D eigenvalue weighted by molar-refractivity contribution is -0.143. The Kier molecular flexibility index (Phi) is 4.90. The monoisotopic (exact) mass is 445 g/mol. The molecule has 2 N–H and O–H groups in total. The van der Waals surface area contributed by atoms with Gasteiger partial charge in [-0.2, -0.15) is 10.2 Å². The van der Waals surface area contributed by atoms with Gasteiger partial charge in [-0.05, 0) is 24.3 Å². The number of likely N-dealkylation sites (tertiary alicyclic amines) is 1. The van der Waals surface area contributed by atoms with Crippen LogP contribution in [0.4, 0.5) is 11.8 Å². The minimum absolute atomic E-state index is 0.305. The van der Waals surface area contributed by atoms with Gasteiger partial charge in [0.05, 0.1) is 22.8 Å². The van der Waals surface area contributed by atoms with Crippen molar-refractivity contribution in [1.82, 2.24) is 39.4 Å². The molecule has 4 aromatic heterocycles. The third-order valence-electron chi connectivity index (χ3n) is 5.70. The summed E-state index contributed by atoms with van der Waals surface area (Å²) in [6.45, 7) is 0.484. The number of nitrogens with one attached hydrogen (secondary N) is 1. The number of aliphatic hydroxyl groups is 1. The van der Waals surface area contributed by atoms with E-state index in [9.17, 15) is 9.90 Å². The lowest BCUT2D eigenvalue weighted by Gasteiger charge is -2.17. The summed E-state index contributed by atoms with van der Waals surface area (Å²) >= 11 is 0. The molecule has 0 spiro atoms. The maximum Gasteiger partial charge on any atom is 0.260 e. The predicted octanol–water partition coefficient (Wildman–Crippen LogP) is 1.47. The minimum atomic E-state index is -1.61. The molecule has 0 bridgehead atoms. The van der Waals surface area contributed by atoms with E-state index in [2.05, 4.69) is 25.5 Å². The zero-order chi connectivity index (χ0) is 23.2. The van der Waals surface area contributed by atoms with E-state index in [1.54, 1.807) is 41.8 Å². The van der Waals surface area contributed by atoms with E-state index in [1.165, 1.54) is 4.90 Å². The smallest absolute Gasteiger partial charge is 0.260 e. The van der Waals surface area contributed by atoms with E-state index in [-0.39, 0.29) is 5.91 Å². The normalized spacial score (nSPS) is 18.2. The van der Waals surface area contributed by atoms with Crippen molar-refractivity contribution in [2.24, 2.45) is 14.1 Å². The van der Waals surface area contributed by atoms with Gasteiger partial charge in [-0.15, -0.1) is 0 Å². The van der Waals surface area contributed by atoms with E-state index < -0.39 is 5.60 Å². The van der Waals surface area contributed by atoms with Gasteiger partial charge < -0.3 is 15.3 Å². The maximum absolute atomic E-state index is 12.5. The Morgan fingerprint density at radius 1 is 1.03 bits per heavy atom. The number of hydrogen-bond acceptors (Lipinski definition) is 8. The number of carbonyl (C=O) groups is 1. The van der Waals surface area contributed by atoms with Gasteiger partial charge in [0, 0.05) is 52.6 Å². The van der Waals surface area contributed by atoms with Crippen LogP contribution in [0.1, 0.15) is 12.1 Å². The van der Waals surface area contributed by atoms with E-state index in [0.717, 1.165) is 0 Å². The van der Waals surface area contributed by atoms with Gasteiger partial charge in [0.25, 0.3) is 5.91 Å². The predicted molar refractivity (Wildman–Crippen MR) is 120 cm³/mol. The zero-order valence-corrected chi connectivity index (χ0v) is 18.5. The first-order valence-electron chi connectivity index (χ1n) is 10.4. The van der Waals surface area contributed by atoms with Crippen LogP contribution in [0.5, 0.6) is 0 Å². The van der Waals surface area contributed by atoms with Crippen LogP contribution in [0.15, 0.2) is 48.8 Å². The second kappa shape index (κ2) is 7.78. The van der Waals surface area contributed by atoms with Crippen molar-refractivity contribution < 1.29 is 9.90 Å². The lowest BCUT2D eigenvalue weighted by Crippen LogP contribution is -2.36. The van der Waals surface area contributed by atoms with Gasteiger partial charge in [-0.1, -0.05) is 6.07 Å². The van der Waals surface area contributed by atoms with Crippen LogP contribution in [0.3, 0.4) is 0 Å². The summed E-state index contributed by atoms with van der Waals surface area (Å²) in [5.41, 5.74) is 1.33. The van der Waals surface area contributed by atoms with E-state index in [4.69, 9.17) is 4.98 Å². The molecular weight excluding hydrogens is 422 g/mol. The maximum atomic E-state index is 12.5. The van der Waals surface area contributed by atoms with E-state index in [1.807, 2.05) is 37.5 Å². The molecule has 1 atom stereocenters. The second-order valence-corrected chi connectivity index (χ2v) is 8.05. The summed E-state index contributed by atoms with van der Waals surface area (Å²) in [5.74, 6) is 0.707. The molecule has 33 heavy (non-hydrogen) atoms. The van der Waals surface area contributed by atoms with Crippen molar-refractivity contribution in [2.45, 2.75) is 12.0 Å². The number of aromatic nitrogens is 7. The number of carbonyl (C=O) groups excluding carboxylic acids is 1. The molecule has 5 rings (SSSR count). The number of hydrogen-bond donors (Lipinski definition) is 2. The van der Waals surface area contributed by atoms with Crippen molar-refractivity contribution in [3.05, 3.63) is 54.5 Å². The molecule has 0 aromatic carbocycles. The van der Waals surface area contributed by atoms with Crippen molar-refractivity contribution in [1.29, 1.82) is 0 Å². The molecule has 168 valence electrons. The molecule has 1 amide bonds. The summed E-state index contributed by atoms with van der Waals surface area (Å²) in [6, 6.07) is 10.9. The van der Waals surface area contributed by atoms with Crippen LogP contribution >= 0.6 is 0 Å². The molecule has 0 aliphatic carbocycles. The Morgan fingerprint density at radius 3 is 2.55 bits per heavy atom. The highest BCUT2D eigenvalue weighted by atomic mass is 16.3. The molecule has 4 aromatic rings. The fraction of sp³-hybridized carbons (Fsp3) is 0.273. The Labute approximate surface area is 189 Å². The number of likely N-dealkylation sites (N-methyl/N-ethyl adjacent to an activating group) is 1. The van der Waals surface area contributed by atoms with Crippen LogP contribution in [-0.4, -0.2) is 64.0 Å².